The van der Waals surface area contributed by atoms with Crippen LogP contribution in [-0.4, -0.2) is 59.8 Å². The third-order valence-electron chi connectivity index (χ3n) is 1.10. The molecule has 0 rings (SSSR count). The first-order chi connectivity index (χ1) is 7.28. The Morgan fingerprint density at radius 3 is 1.38 bits per heavy atom. The topological polar surface area (TPSA) is 116 Å². The second-order valence-corrected chi connectivity index (χ2v) is 2.68. The van der Waals surface area contributed by atoms with Gasteiger partial charge in [0.1, 0.15) is 0 Å². The maximum absolute atomic E-state index is 9.74. The van der Waals surface area contributed by atoms with Crippen molar-refractivity contribution < 1.29 is 34.7 Å². The molecule has 100 valence electrons. The van der Waals surface area contributed by atoms with Crippen molar-refractivity contribution in [2.24, 2.45) is 0 Å². The molecule has 0 aliphatic rings. The first kappa shape index (κ1) is 20.5. The van der Waals surface area contributed by atoms with Crippen molar-refractivity contribution in [1.82, 2.24) is 0 Å². The molecule has 0 bridgehead atoms. The highest BCUT2D eigenvalue weighted by Gasteiger charge is 2.08. The number of carbonyl (C=O) groups excluding carboxylic acids is 1. The average molecular weight is 242 g/mol. The van der Waals surface area contributed by atoms with Crippen LogP contribution in [0.25, 0.3) is 0 Å². The summed E-state index contributed by atoms with van der Waals surface area (Å²) < 4.78 is 8.08. The van der Waals surface area contributed by atoms with E-state index >= 15 is 0 Å². The maximum Gasteiger partial charge on any atom is 0.507 e. The highest BCUT2D eigenvalue weighted by atomic mass is 16.7. The molecule has 0 amide bonds. The minimum atomic E-state index is -1.46. The molecular weight excluding hydrogens is 220 g/mol. The standard InChI is InChI=1S/C4H10O2.C3H6O3.C2H6O2/c1-3-4(2,5)6;1-5-3(4)6-2;3-1-2-4/h5-6H,3H2,1-2H3;1-2H3;3-4H,1-2H2. The molecule has 0 radical (unpaired) electrons. The zero-order valence-electron chi connectivity index (χ0n) is 10.1. The minimum absolute atomic E-state index is 0.125. The molecule has 0 atom stereocenters. The number of hydrogen-bond donors (Lipinski definition) is 4. The maximum atomic E-state index is 9.74. The van der Waals surface area contributed by atoms with Crippen molar-refractivity contribution in [3.63, 3.8) is 0 Å². The highest BCUT2D eigenvalue weighted by molar-refractivity contribution is 5.59. The Bertz CT molecular complexity index is 133. The number of rotatable bonds is 2. The molecule has 7 nitrogen and oxygen atoms in total. The van der Waals surface area contributed by atoms with Gasteiger partial charge < -0.3 is 29.9 Å². The van der Waals surface area contributed by atoms with Crippen molar-refractivity contribution >= 4 is 6.16 Å². The Labute approximate surface area is 95.2 Å². The molecule has 0 aliphatic carbocycles. The SMILES string of the molecule is CCC(C)(O)O.COC(=O)OC.OCCO. The molecule has 0 aromatic rings. The zero-order valence-corrected chi connectivity index (χ0v) is 10.1. The van der Waals surface area contributed by atoms with E-state index in [1.54, 1.807) is 6.92 Å². The van der Waals surface area contributed by atoms with Gasteiger partial charge in [0.2, 0.25) is 0 Å². The normalized spacial score (nSPS) is 9.00. The quantitative estimate of drug-likeness (QED) is 0.380. The molecular formula is C9H22O7. The molecule has 0 aliphatic heterocycles. The Hall–Kier alpha value is -0.890. The molecule has 0 saturated carbocycles. The number of hydrogen-bond acceptors (Lipinski definition) is 7. The van der Waals surface area contributed by atoms with E-state index in [4.69, 9.17) is 20.4 Å². The Morgan fingerprint density at radius 2 is 1.38 bits per heavy atom. The number of aliphatic hydroxyl groups is 4. The van der Waals surface area contributed by atoms with E-state index in [-0.39, 0.29) is 13.2 Å². The van der Waals surface area contributed by atoms with Gasteiger partial charge in [0.05, 0.1) is 27.4 Å². The lowest BCUT2D eigenvalue weighted by molar-refractivity contribution is -0.145. The zero-order chi connectivity index (χ0) is 13.6. The second kappa shape index (κ2) is 14.1. The number of ether oxygens (including phenoxy) is 2. The van der Waals surface area contributed by atoms with Gasteiger partial charge in [0, 0.05) is 0 Å². The van der Waals surface area contributed by atoms with Crippen LogP contribution in [0.4, 0.5) is 4.79 Å². The smallest absolute Gasteiger partial charge is 0.438 e. The monoisotopic (exact) mass is 242 g/mol. The minimum Gasteiger partial charge on any atom is -0.438 e. The average Bonchev–Trinajstić information content (AvgIpc) is 2.28. The first-order valence-electron chi connectivity index (χ1n) is 4.57. The summed E-state index contributed by atoms with van der Waals surface area (Å²) in [7, 11) is 2.51. The van der Waals surface area contributed by atoms with E-state index < -0.39 is 11.9 Å². The fraction of sp³-hybridized carbons (Fsp3) is 0.889. The molecule has 0 saturated heterocycles. The van der Waals surface area contributed by atoms with Gasteiger partial charge in [-0.05, 0) is 13.3 Å². The number of aliphatic hydroxyl groups excluding tert-OH is 2. The van der Waals surface area contributed by atoms with Gasteiger partial charge in [-0.15, -0.1) is 0 Å². The van der Waals surface area contributed by atoms with Gasteiger partial charge in [-0.1, -0.05) is 6.92 Å². The lowest BCUT2D eigenvalue weighted by Gasteiger charge is -2.10. The van der Waals surface area contributed by atoms with Crippen LogP contribution in [0.2, 0.25) is 0 Å². The number of methoxy groups -OCH3 is 2. The second-order valence-electron chi connectivity index (χ2n) is 2.68. The molecule has 7 heteroatoms. The van der Waals surface area contributed by atoms with Crippen LogP contribution in [0, 0.1) is 0 Å². The van der Waals surface area contributed by atoms with Gasteiger partial charge in [0.15, 0.2) is 5.79 Å². The molecule has 4 N–H and O–H groups in total. The van der Waals surface area contributed by atoms with E-state index in [0.29, 0.717) is 6.42 Å². The molecule has 0 fully saturated rings. The van der Waals surface area contributed by atoms with Gasteiger partial charge in [-0.3, -0.25) is 0 Å². The molecule has 0 spiro atoms. The van der Waals surface area contributed by atoms with E-state index in [2.05, 4.69) is 9.47 Å². The van der Waals surface area contributed by atoms with E-state index in [1.807, 2.05) is 0 Å². The summed E-state index contributed by atoms with van der Waals surface area (Å²) in [5, 5.41) is 32.0. The fourth-order valence-corrected chi connectivity index (χ4v) is 0.0833. The lowest BCUT2D eigenvalue weighted by Crippen LogP contribution is -2.20. The van der Waals surface area contributed by atoms with Crippen molar-refractivity contribution in [3.8, 4) is 0 Å². The summed E-state index contributed by atoms with van der Waals surface area (Å²) in [5.74, 6) is -1.46. The summed E-state index contributed by atoms with van der Waals surface area (Å²) in [6, 6.07) is 0. The molecule has 0 aromatic heterocycles. The van der Waals surface area contributed by atoms with Crippen molar-refractivity contribution in [2.45, 2.75) is 26.1 Å². The Morgan fingerprint density at radius 1 is 1.12 bits per heavy atom. The van der Waals surface area contributed by atoms with E-state index in [0.717, 1.165) is 0 Å². The van der Waals surface area contributed by atoms with Gasteiger partial charge in [-0.2, -0.15) is 0 Å². The predicted molar refractivity (Wildman–Crippen MR) is 56.7 cm³/mol. The van der Waals surface area contributed by atoms with E-state index in [1.165, 1.54) is 21.1 Å². The van der Waals surface area contributed by atoms with Gasteiger partial charge in [0.25, 0.3) is 0 Å². The van der Waals surface area contributed by atoms with Crippen LogP contribution in [0.3, 0.4) is 0 Å². The highest BCUT2D eigenvalue weighted by Crippen LogP contribution is 1.99. The van der Waals surface area contributed by atoms with Crippen molar-refractivity contribution in [3.05, 3.63) is 0 Å². The molecule has 0 heterocycles. The predicted octanol–water partition coefficient (Wildman–Crippen LogP) is -0.533. The van der Waals surface area contributed by atoms with Gasteiger partial charge in [-0.25, -0.2) is 4.79 Å². The third kappa shape index (κ3) is 38.0. The van der Waals surface area contributed by atoms with Crippen molar-refractivity contribution in [2.75, 3.05) is 27.4 Å². The van der Waals surface area contributed by atoms with Crippen LogP contribution in [0.5, 0.6) is 0 Å². The van der Waals surface area contributed by atoms with Crippen LogP contribution in [0.1, 0.15) is 20.3 Å². The van der Waals surface area contributed by atoms with Crippen LogP contribution in [-0.2, 0) is 9.47 Å². The molecule has 0 unspecified atom stereocenters. The summed E-state index contributed by atoms with van der Waals surface area (Å²) >= 11 is 0. The summed E-state index contributed by atoms with van der Waals surface area (Å²) in [6.07, 6.45) is -0.275. The van der Waals surface area contributed by atoms with E-state index in [9.17, 15) is 4.79 Å². The van der Waals surface area contributed by atoms with Gasteiger partial charge >= 0.3 is 6.16 Å². The summed E-state index contributed by atoms with van der Waals surface area (Å²) in [4.78, 5) is 9.74. The van der Waals surface area contributed by atoms with Crippen LogP contribution >= 0.6 is 0 Å². The largest absolute Gasteiger partial charge is 0.507 e. The Balaban J connectivity index is -0.000000162. The Kier molecular flexibility index (Phi) is 18.1. The third-order valence-corrected chi connectivity index (χ3v) is 1.10. The molecule has 16 heavy (non-hydrogen) atoms. The summed E-state index contributed by atoms with van der Waals surface area (Å²) in [6.45, 7) is 2.81. The summed E-state index contributed by atoms with van der Waals surface area (Å²) in [5.41, 5.74) is 0. The van der Waals surface area contributed by atoms with Crippen LogP contribution < -0.4 is 0 Å². The number of carbonyl (C=O) groups is 1. The van der Waals surface area contributed by atoms with Crippen LogP contribution in [0.15, 0.2) is 0 Å². The fourth-order valence-electron chi connectivity index (χ4n) is 0.0833. The van der Waals surface area contributed by atoms with Crippen molar-refractivity contribution in [1.29, 1.82) is 0 Å². The lowest BCUT2D eigenvalue weighted by atomic mass is 10.3. The first-order valence-corrected chi connectivity index (χ1v) is 4.57. The molecule has 0 aromatic carbocycles.